The predicted molar refractivity (Wildman–Crippen MR) is 119 cm³/mol. The first-order valence-corrected chi connectivity index (χ1v) is 10.8. The molecule has 0 bridgehead atoms. The summed E-state index contributed by atoms with van der Waals surface area (Å²) in [6.45, 7) is 0.977. The molecule has 0 saturated heterocycles. The van der Waals surface area contributed by atoms with Crippen LogP contribution in [-0.2, 0) is 19.1 Å². The topological polar surface area (TPSA) is 122 Å². The van der Waals surface area contributed by atoms with Gasteiger partial charge in [-0.15, -0.1) is 11.8 Å². The van der Waals surface area contributed by atoms with Crippen molar-refractivity contribution in [3.63, 3.8) is 0 Å². The number of rotatable bonds is 8. The molecule has 0 aromatic heterocycles. The minimum Gasteiger partial charge on any atom is -0.455 e. The molecule has 33 heavy (non-hydrogen) atoms. The fraction of sp³-hybridized carbons (Fsp3) is 0.227. The van der Waals surface area contributed by atoms with E-state index in [2.05, 4.69) is 10.6 Å². The van der Waals surface area contributed by atoms with Crippen molar-refractivity contribution in [2.24, 2.45) is 0 Å². The predicted octanol–water partition coefficient (Wildman–Crippen LogP) is 2.29. The minimum absolute atomic E-state index is 0.0455. The largest absolute Gasteiger partial charge is 0.455 e. The maximum Gasteiger partial charge on any atom is 0.319 e. The maximum atomic E-state index is 12.9. The lowest BCUT2D eigenvalue weighted by atomic mass is 10.1. The molecule has 1 aliphatic rings. The van der Waals surface area contributed by atoms with E-state index < -0.39 is 41.4 Å². The number of hydrogen-bond donors (Lipinski definition) is 2. The number of anilines is 2. The molecule has 2 aromatic rings. The lowest BCUT2D eigenvalue weighted by Crippen LogP contribution is -2.26. The molecule has 172 valence electrons. The van der Waals surface area contributed by atoms with Crippen LogP contribution in [0.2, 0.25) is 0 Å². The highest BCUT2D eigenvalue weighted by Gasteiger charge is 2.32. The SMILES string of the molecule is CC(SCC(=O)Nc1ccc(F)cc1)C(=O)OCC(=O)Nc1ccc2c(c1)C(=O)N(C)C2=O. The highest BCUT2D eigenvalue weighted by molar-refractivity contribution is 8.01. The summed E-state index contributed by atoms with van der Waals surface area (Å²) < 4.78 is 17.9. The summed E-state index contributed by atoms with van der Waals surface area (Å²) in [5.74, 6) is -3.03. The molecular formula is C22H20FN3O6S. The van der Waals surface area contributed by atoms with Gasteiger partial charge in [0.1, 0.15) is 11.1 Å². The second kappa shape index (κ2) is 10.3. The number of esters is 1. The summed E-state index contributed by atoms with van der Waals surface area (Å²) >= 11 is 1.02. The Hall–Kier alpha value is -3.73. The molecule has 3 rings (SSSR count). The number of benzene rings is 2. The molecule has 0 radical (unpaired) electrons. The molecule has 9 nitrogen and oxygen atoms in total. The van der Waals surface area contributed by atoms with Crippen LogP contribution in [0.3, 0.4) is 0 Å². The maximum absolute atomic E-state index is 12.9. The van der Waals surface area contributed by atoms with Gasteiger partial charge in [0.05, 0.1) is 16.9 Å². The lowest BCUT2D eigenvalue weighted by molar-refractivity contribution is -0.146. The van der Waals surface area contributed by atoms with E-state index in [1.165, 1.54) is 56.4 Å². The number of carbonyl (C=O) groups excluding carboxylic acids is 5. The van der Waals surface area contributed by atoms with E-state index in [9.17, 15) is 28.4 Å². The second-order valence-electron chi connectivity index (χ2n) is 7.09. The minimum atomic E-state index is -0.712. The molecule has 0 aliphatic carbocycles. The number of halogens is 1. The number of fused-ring (bicyclic) bond motifs is 1. The van der Waals surface area contributed by atoms with Crippen molar-refractivity contribution >= 4 is 52.7 Å². The van der Waals surface area contributed by atoms with E-state index in [-0.39, 0.29) is 28.5 Å². The molecule has 11 heteroatoms. The molecule has 0 spiro atoms. The fourth-order valence-corrected chi connectivity index (χ4v) is 3.57. The van der Waals surface area contributed by atoms with Crippen LogP contribution >= 0.6 is 11.8 Å². The monoisotopic (exact) mass is 473 g/mol. The van der Waals surface area contributed by atoms with Gasteiger partial charge in [0, 0.05) is 18.4 Å². The summed E-state index contributed by atoms with van der Waals surface area (Å²) in [5, 5.41) is 4.37. The number of ether oxygens (including phenoxy) is 1. The highest BCUT2D eigenvalue weighted by Crippen LogP contribution is 2.24. The van der Waals surface area contributed by atoms with Gasteiger partial charge in [0.15, 0.2) is 6.61 Å². The molecule has 0 fully saturated rings. The van der Waals surface area contributed by atoms with Crippen molar-refractivity contribution in [1.29, 1.82) is 0 Å². The van der Waals surface area contributed by atoms with Crippen molar-refractivity contribution < 1.29 is 33.1 Å². The molecule has 1 aliphatic heterocycles. The van der Waals surface area contributed by atoms with Gasteiger partial charge in [-0.3, -0.25) is 28.9 Å². The smallest absolute Gasteiger partial charge is 0.319 e. The van der Waals surface area contributed by atoms with E-state index in [0.717, 1.165) is 16.7 Å². The van der Waals surface area contributed by atoms with Crippen LogP contribution in [0.4, 0.5) is 15.8 Å². The first-order chi connectivity index (χ1) is 15.7. The first kappa shape index (κ1) is 23.9. The Morgan fingerprint density at radius 1 is 0.970 bits per heavy atom. The summed E-state index contributed by atoms with van der Waals surface area (Å²) in [7, 11) is 1.37. The van der Waals surface area contributed by atoms with Crippen molar-refractivity contribution in [2.45, 2.75) is 12.2 Å². The van der Waals surface area contributed by atoms with Crippen LogP contribution in [0.1, 0.15) is 27.6 Å². The van der Waals surface area contributed by atoms with Gasteiger partial charge in [-0.25, -0.2) is 4.39 Å². The summed E-state index contributed by atoms with van der Waals surface area (Å²) in [4.78, 5) is 61.1. The van der Waals surface area contributed by atoms with E-state index in [1.54, 1.807) is 0 Å². The van der Waals surface area contributed by atoms with Gasteiger partial charge >= 0.3 is 5.97 Å². The van der Waals surface area contributed by atoms with Gasteiger partial charge in [0.2, 0.25) is 5.91 Å². The third kappa shape index (κ3) is 5.95. The second-order valence-corrected chi connectivity index (χ2v) is 8.42. The van der Waals surface area contributed by atoms with Gasteiger partial charge in [0.25, 0.3) is 17.7 Å². The van der Waals surface area contributed by atoms with Crippen LogP contribution < -0.4 is 10.6 Å². The zero-order valence-corrected chi connectivity index (χ0v) is 18.5. The Balaban J connectivity index is 1.42. The quantitative estimate of drug-likeness (QED) is 0.446. The normalized spacial score (nSPS) is 13.4. The van der Waals surface area contributed by atoms with E-state index in [4.69, 9.17) is 4.74 Å². The van der Waals surface area contributed by atoms with Crippen molar-refractivity contribution in [3.05, 3.63) is 59.4 Å². The average Bonchev–Trinajstić information content (AvgIpc) is 3.01. The lowest BCUT2D eigenvalue weighted by Gasteiger charge is -2.12. The molecule has 2 aromatic carbocycles. The third-order valence-electron chi connectivity index (χ3n) is 4.64. The summed E-state index contributed by atoms with van der Waals surface area (Å²) in [6.07, 6.45) is 0. The summed E-state index contributed by atoms with van der Waals surface area (Å²) in [5.41, 5.74) is 1.15. The standard InChI is InChI=1S/C22H20FN3O6S/c1-12(33-11-19(28)24-14-5-3-13(23)4-6-14)22(31)32-10-18(27)25-15-7-8-16-17(9-15)21(30)26(2)20(16)29/h3-9,12H,10-11H2,1-2H3,(H,24,28)(H,25,27). The molecule has 1 heterocycles. The molecule has 0 saturated carbocycles. The Morgan fingerprint density at radius 2 is 1.58 bits per heavy atom. The molecule has 1 unspecified atom stereocenters. The average molecular weight is 473 g/mol. The summed E-state index contributed by atoms with van der Waals surface area (Å²) in [6, 6.07) is 9.57. The van der Waals surface area contributed by atoms with Gasteiger partial charge in [-0.1, -0.05) is 0 Å². The Morgan fingerprint density at radius 3 is 2.27 bits per heavy atom. The number of nitrogens with one attached hydrogen (secondary N) is 2. The van der Waals surface area contributed by atoms with E-state index in [1.807, 2.05) is 0 Å². The van der Waals surface area contributed by atoms with Gasteiger partial charge in [-0.05, 0) is 49.4 Å². The zero-order valence-electron chi connectivity index (χ0n) is 17.7. The number of amides is 4. The van der Waals surface area contributed by atoms with Crippen LogP contribution in [-0.4, -0.2) is 59.2 Å². The Kier molecular flexibility index (Phi) is 7.44. The van der Waals surface area contributed by atoms with Gasteiger partial charge in [-0.2, -0.15) is 0 Å². The molecular weight excluding hydrogens is 453 g/mol. The Bertz CT molecular complexity index is 1120. The number of hydrogen-bond acceptors (Lipinski definition) is 7. The van der Waals surface area contributed by atoms with E-state index in [0.29, 0.717) is 5.69 Å². The highest BCUT2D eigenvalue weighted by atomic mass is 32.2. The van der Waals surface area contributed by atoms with Crippen molar-refractivity contribution in [3.8, 4) is 0 Å². The first-order valence-electron chi connectivity index (χ1n) is 9.75. The Labute approximate surface area is 192 Å². The van der Waals surface area contributed by atoms with Crippen LogP contribution in [0.5, 0.6) is 0 Å². The van der Waals surface area contributed by atoms with Crippen molar-refractivity contribution in [2.75, 3.05) is 30.0 Å². The number of carbonyl (C=O) groups is 5. The molecule has 4 amide bonds. The van der Waals surface area contributed by atoms with Gasteiger partial charge < -0.3 is 15.4 Å². The third-order valence-corrected chi connectivity index (χ3v) is 5.76. The van der Waals surface area contributed by atoms with Crippen LogP contribution in [0.15, 0.2) is 42.5 Å². The van der Waals surface area contributed by atoms with Crippen LogP contribution in [0, 0.1) is 5.82 Å². The fourth-order valence-electron chi connectivity index (χ4n) is 2.89. The van der Waals surface area contributed by atoms with Crippen molar-refractivity contribution in [1.82, 2.24) is 4.90 Å². The van der Waals surface area contributed by atoms with E-state index >= 15 is 0 Å². The van der Waals surface area contributed by atoms with Crippen LogP contribution in [0.25, 0.3) is 0 Å². The number of imide groups is 1. The number of nitrogens with zero attached hydrogens (tertiary/aromatic N) is 1. The number of thioether (sulfide) groups is 1. The molecule has 2 N–H and O–H groups in total. The zero-order chi connectivity index (χ0) is 24.1. The molecule has 1 atom stereocenters.